The van der Waals surface area contributed by atoms with E-state index >= 15 is 0 Å². The highest BCUT2D eigenvalue weighted by Crippen LogP contribution is 2.26. The van der Waals surface area contributed by atoms with Gasteiger partial charge < -0.3 is 14.5 Å². The molecule has 1 amide bonds. The standard InChI is InChI=1S/C17H23N7OS2/c1-4-23-16(13-6-5-9-26-13)21-22-17(23)27-10-15(25)18-8-7-14-20-19-11-24(14)12(2)3/h5-6,9,11-12H,4,7-8,10H2,1-3H3,(H,18,25). The van der Waals surface area contributed by atoms with Gasteiger partial charge in [-0.25, -0.2) is 0 Å². The van der Waals surface area contributed by atoms with E-state index < -0.39 is 0 Å². The normalized spacial score (nSPS) is 11.3. The van der Waals surface area contributed by atoms with Crippen molar-refractivity contribution in [2.45, 2.75) is 44.9 Å². The Morgan fingerprint density at radius 2 is 2.19 bits per heavy atom. The topological polar surface area (TPSA) is 90.5 Å². The van der Waals surface area contributed by atoms with Gasteiger partial charge >= 0.3 is 0 Å². The van der Waals surface area contributed by atoms with E-state index in [1.165, 1.54) is 11.8 Å². The second-order valence-electron chi connectivity index (χ2n) is 6.16. The molecule has 3 aromatic heterocycles. The Hall–Kier alpha value is -2.20. The van der Waals surface area contributed by atoms with Crippen LogP contribution in [0.5, 0.6) is 0 Å². The average molecular weight is 406 g/mol. The van der Waals surface area contributed by atoms with Crippen LogP contribution in [0.25, 0.3) is 10.7 Å². The van der Waals surface area contributed by atoms with Crippen LogP contribution < -0.4 is 5.32 Å². The van der Waals surface area contributed by atoms with Crippen molar-refractivity contribution in [1.82, 2.24) is 34.8 Å². The number of carbonyl (C=O) groups is 1. The largest absolute Gasteiger partial charge is 0.355 e. The van der Waals surface area contributed by atoms with Gasteiger partial charge in [0.2, 0.25) is 5.91 Å². The molecule has 3 rings (SSSR count). The molecule has 1 N–H and O–H groups in total. The third-order valence-corrected chi connectivity index (χ3v) is 5.81. The van der Waals surface area contributed by atoms with Gasteiger partial charge in [0, 0.05) is 25.6 Å². The lowest BCUT2D eigenvalue weighted by Gasteiger charge is -2.10. The lowest BCUT2D eigenvalue weighted by atomic mass is 10.3. The minimum atomic E-state index is -0.0288. The van der Waals surface area contributed by atoms with E-state index in [4.69, 9.17) is 0 Å². The molecule has 0 fully saturated rings. The molecule has 0 aromatic carbocycles. The van der Waals surface area contributed by atoms with Crippen molar-refractivity contribution in [3.05, 3.63) is 29.7 Å². The van der Waals surface area contributed by atoms with Gasteiger partial charge in [0.1, 0.15) is 12.2 Å². The van der Waals surface area contributed by atoms with Crippen molar-refractivity contribution in [2.75, 3.05) is 12.3 Å². The number of hydrogen-bond donors (Lipinski definition) is 1. The highest BCUT2D eigenvalue weighted by Gasteiger charge is 2.15. The Balaban J connectivity index is 1.50. The minimum Gasteiger partial charge on any atom is -0.355 e. The maximum atomic E-state index is 12.2. The molecule has 3 aromatic rings. The number of hydrogen-bond acceptors (Lipinski definition) is 7. The van der Waals surface area contributed by atoms with Gasteiger partial charge in [0.05, 0.1) is 10.6 Å². The molecule has 0 unspecified atom stereocenters. The lowest BCUT2D eigenvalue weighted by molar-refractivity contribution is -0.118. The summed E-state index contributed by atoms with van der Waals surface area (Å²) in [5.74, 6) is 2.01. The van der Waals surface area contributed by atoms with Crippen molar-refractivity contribution in [1.29, 1.82) is 0 Å². The van der Waals surface area contributed by atoms with Gasteiger partial charge in [-0.2, -0.15) is 0 Å². The number of carbonyl (C=O) groups excluding carboxylic acids is 1. The molecule has 10 heteroatoms. The number of nitrogens with zero attached hydrogens (tertiary/aromatic N) is 6. The molecule has 8 nitrogen and oxygen atoms in total. The molecule has 0 saturated heterocycles. The first-order chi connectivity index (χ1) is 13.1. The van der Waals surface area contributed by atoms with E-state index in [2.05, 4.69) is 46.5 Å². The zero-order chi connectivity index (χ0) is 19.2. The van der Waals surface area contributed by atoms with Gasteiger partial charge in [-0.3, -0.25) is 4.79 Å². The summed E-state index contributed by atoms with van der Waals surface area (Å²) in [6.07, 6.45) is 2.38. The monoisotopic (exact) mass is 405 g/mol. The second-order valence-corrected chi connectivity index (χ2v) is 8.05. The maximum absolute atomic E-state index is 12.2. The van der Waals surface area contributed by atoms with Gasteiger partial charge in [-0.1, -0.05) is 17.8 Å². The van der Waals surface area contributed by atoms with Crippen LogP contribution in [-0.2, 0) is 17.8 Å². The fourth-order valence-corrected chi connectivity index (χ4v) is 4.19. The Labute approximate surface area is 166 Å². The highest BCUT2D eigenvalue weighted by molar-refractivity contribution is 7.99. The summed E-state index contributed by atoms with van der Waals surface area (Å²) in [6.45, 7) is 7.50. The molecule has 0 aliphatic rings. The molecule has 144 valence electrons. The maximum Gasteiger partial charge on any atom is 0.230 e. The van der Waals surface area contributed by atoms with Crippen LogP contribution in [0.15, 0.2) is 29.0 Å². The number of thioether (sulfide) groups is 1. The van der Waals surface area contributed by atoms with Gasteiger partial charge in [0.15, 0.2) is 11.0 Å². The first kappa shape index (κ1) is 19.6. The first-order valence-corrected chi connectivity index (χ1v) is 10.7. The summed E-state index contributed by atoms with van der Waals surface area (Å²) >= 11 is 3.03. The molecule has 3 heterocycles. The smallest absolute Gasteiger partial charge is 0.230 e. The molecule has 0 aliphatic heterocycles. The Bertz CT molecular complexity index is 870. The second kappa shape index (κ2) is 9.14. The van der Waals surface area contributed by atoms with Crippen LogP contribution in [0, 0.1) is 0 Å². The molecule has 0 atom stereocenters. The van der Waals surface area contributed by atoms with E-state index in [9.17, 15) is 4.79 Å². The SMILES string of the molecule is CCn1c(SCC(=O)NCCc2nncn2C(C)C)nnc1-c1cccs1. The van der Waals surface area contributed by atoms with Gasteiger partial charge in [-0.15, -0.1) is 31.7 Å². The minimum absolute atomic E-state index is 0.0288. The van der Waals surface area contributed by atoms with Crippen LogP contribution in [-0.4, -0.2) is 47.7 Å². The Morgan fingerprint density at radius 3 is 2.89 bits per heavy atom. The van der Waals surface area contributed by atoms with Crippen molar-refractivity contribution in [3.63, 3.8) is 0 Å². The van der Waals surface area contributed by atoms with E-state index in [0.29, 0.717) is 24.8 Å². The third kappa shape index (κ3) is 4.75. The van der Waals surface area contributed by atoms with Crippen molar-refractivity contribution in [3.8, 4) is 10.7 Å². The molecule has 0 spiro atoms. The van der Waals surface area contributed by atoms with E-state index in [1.54, 1.807) is 17.7 Å². The van der Waals surface area contributed by atoms with Crippen molar-refractivity contribution < 1.29 is 4.79 Å². The average Bonchev–Trinajstić information content (AvgIpc) is 3.38. The van der Waals surface area contributed by atoms with E-state index in [1.807, 2.05) is 26.6 Å². The number of amides is 1. The summed E-state index contributed by atoms with van der Waals surface area (Å²) in [5, 5.41) is 22.3. The fourth-order valence-electron chi connectivity index (χ4n) is 2.64. The van der Waals surface area contributed by atoms with Crippen LogP contribution >= 0.6 is 23.1 Å². The fraction of sp³-hybridized carbons (Fsp3) is 0.471. The van der Waals surface area contributed by atoms with Crippen molar-refractivity contribution in [2.24, 2.45) is 0 Å². The van der Waals surface area contributed by atoms with E-state index in [0.717, 1.165) is 28.2 Å². The predicted octanol–water partition coefficient (Wildman–Crippen LogP) is 2.65. The highest BCUT2D eigenvalue weighted by atomic mass is 32.2. The zero-order valence-electron chi connectivity index (χ0n) is 15.6. The van der Waals surface area contributed by atoms with E-state index in [-0.39, 0.29) is 5.91 Å². The van der Waals surface area contributed by atoms with Crippen molar-refractivity contribution >= 4 is 29.0 Å². The molecule has 0 bridgehead atoms. The number of rotatable bonds is 9. The number of aromatic nitrogens is 6. The van der Waals surface area contributed by atoms with Crippen LogP contribution in [0.2, 0.25) is 0 Å². The lowest BCUT2D eigenvalue weighted by Crippen LogP contribution is -2.28. The Kier molecular flexibility index (Phi) is 6.62. The summed E-state index contributed by atoms with van der Waals surface area (Å²) in [6, 6.07) is 4.33. The summed E-state index contributed by atoms with van der Waals surface area (Å²) < 4.78 is 4.05. The molecular weight excluding hydrogens is 382 g/mol. The number of nitrogens with one attached hydrogen (secondary N) is 1. The molecule has 0 saturated carbocycles. The first-order valence-electron chi connectivity index (χ1n) is 8.85. The van der Waals surface area contributed by atoms with Crippen LogP contribution in [0.1, 0.15) is 32.6 Å². The molecule has 0 radical (unpaired) electrons. The molecule has 27 heavy (non-hydrogen) atoms. The zero-order valence-corrected chi connectivity index (χ0v) is 17.3. The summed E-state index contributed by atoms with van der Waals surface area (Å²) in [5.41, 5.74) is 0. The van der Waals surface area contributed by atoms with Gasteiger partial charge in [0.25, 0.3) is 0 Å². The van der Waals surface area contributed by atoms with Gasteiger partial charge in [-0.05, 0) is 32.2 Å². The summed E-state index contributed by atoms with van der Waals surface area (Å²) in [7, 11) is 0. The third-order valence-electron chi connectivity index (χ3n) is 3.98. The van der Waals surface area contributed by atoms with Crippen LogP contribution in [0.4, 0.5) is 0 Å². The van der Waals surface area contributed by atoms with Crippen LogP contribution in [0.3, 0.4) is 0 Å². The molecular formula is C17H23N7OS2. The predicted molar refractivity (Wildman–Crippen MR) is 107 cm³/mol. The quantitative estimate of drug-likeness (QED) is 0.551. The molecule has 0 aliphatic carbocycles. The Morgan fingerprint density at radius 1 is 1.33 bits per heavy atom. The number of thiophene rings is 1. The summed E-state index contributed by atoms with van der Waals surface area (Å²) in [4.78, 5) is 13.2.